The average molecular weight is 281 g/mol. The summed E-state index contributed by atoms with van der Waals surface area (Å²) in [5.41, 5.74) is 6.37. The summed E-state index contributed by atoms with van der Waals surface area (Å²) in [5, 5.41) is 0. The number of nitrogens with two attached hydrogens (primary N) is 1. The Kier molecular flexibility index (Phi) is 5.71. The molecule has 0 aromatic heterocycles. The van der Waals surface area contributed by atoms with Crippen molar-refractivity contribution in [3.8, 4) is 0 Å². The van der Waals surface area contributed by atoms with Crippen molar-refractivity contribution in [2.45, 2.75) is 50.0 Å². The zero-order chi connectivity index (χ0) is 13.7. The Hall–Kier alpha value is -0.540. The monoisotopic (exact) mass is 281 g/mol. The van der Waals surface area contributed by atoms with Crippen LogP contribution in [0.25, 0.3) is 0 Å². The lowest BCUT2D eigenvalue weighted by Crippen LogP contribution is -2.38. The van der Waals surface area contributed by atoms with Crippen molar-refractivity contribution in [3.05, 3.63) is 30.1 Å². The minimum Gasteiger partial charge on any atom is -0.327 e. The topological polar surface area (TPSA) is 26.0 Å². The van der Waals surface area contributed by atoms with E-state index in [-0.39, 0.29) is 11.9 Å². The molecule has 3 heteroatoms. The maximum absolute atomic E-state index is 13.6. The molecule has 1 saturated carbocycles. The number of halogens is 1. The van der Waals surface area contributed by atoms with Crippen LogP contribution in [-0.4, -0.2) is 11.8 Å². The standard InChI is InChI=1S/C16H24FNS/c1-2-12-7-3-4-8-13(12)15(18)11-19-16-10-6-5-9-14(16)17/h5-6,9-10,12-13,15H,2-4,7-8,11,18H2,1H3. The zero-order valence-electron chi connectivity index (χ0n) is 11.6. The molecule has 19 heavy (non-hydrogen) atoms. The minimum atomic E-state index is -0.129. The summed E-state index contributed by atoms with van der Waals surface area (Å²) < 4.78 is 13.6. The Bertz CT molecular complexity index is 396. The second-order valence-corrected chi connectivity index (χ2v) is 6.58. The van der Waals surface area contributed by atoms with Crippen molar-refractivity contribution in [1.29, 1.82) is 0 Å². The first-order valence-corrected chi connectivity index (χ1v) is 8.33. The number of hydrogen-bond acceptors (Lipinski definition) is 2. The van der Waals surface area contributed by atoms with Crippen molar-refractivity contribution >= 4 is 11.8 Å². The van der Waals surface area contributed by atoms with Crippen molar-refractivity contribution in [2.24, 2.45) is 17.6 Å². The third-order valence-electron chi connectivity index (χ3n) is 4.31. The van der Waals surface area contributed by atoms with Crippen LogP contribution in [0.1, 0.15) is 39.0 Å². The molecule has 1 aromatic carbocycles. The maximum Gasteiger partial charge on any atom is 0.136 e. The van der Waals surface area contributed by atoms with Gasteiger partial charge in [-0.05, 0) is 30.4 Å². The number of hydrogen-bond donors (Lipinski definition) is 1. The summed E-state index contributed by atoms with van der Waals surface area (Å²) in [6.07, 6.45) is 6.45. The van der Waals surface area contributed by atoms with Crippen LogP contribution in [0.4, 0.5) is 4.39 Å². The summed E-state index contributed by atoms with van der Waals surface area (Å²) in [6.45, 7) is 2.26. The molecule has 2 N–H and O–H groups in total. The van der Waals surface area contributed by atoms with E-state index >= 15 is 0 Å². The fourth-order valence-electron chi connectivity index (χ4n) is 3.18. The van der Waals surface area contributed by atoms with Gasteiger partial charge in [-0.3, -0.25) is 0 Å². The average Bonchev–Trinajstić information content (AvgIpc) is 2.46. The molecule has 2 rings (SSSR count). The maximum atomic E-state index is 13.6. The van der Waals surface area contributed by atoms with E-state index in [1.165, 1.54) is 38.2 Å². The van der Waals surface area contributed by atoms with E-state index in [0.29, 0.717) is 5.92 Å². The number of rotatable bonds is 5. The number of benzene rings is 1. The van der Waals surface area contributed by atoms with Crippen LogP contribution in [0.15, 0.2) is 29.2 Å². The van der Waals surface area contributed by atoms with Gasteiger partial charge in [-0.2, -0.15) is 0 Å². The molecule has 0 amide bonds. The molecule has 1 fully saturated rings. The smallest absolute Gasteiger partial charge is 0.136 e. The molecule has 0 saturated heterocycles. The predicted molar refractivity (Wildman–Crippen MR) is 80.8 cm³/mol. The molecule has 1 aliphatic rings. The third-order valence-corrected chi connectivity index (χ3v) is 5.50. The van der Waals surface area contributed by atoms with Gasteiger partial charge in [0.15, 0.2) is 0 Å². The highest BCUT2D eigenvalue weighted by Gasteiger charge is 2.28. The molecule has 3 atom stereocenters. The Morgan fingerprint density at radius 1 is 1.32 bits per heavy atom. The molecule has 0 spiro atoms. The first kappa shape index (κ1) is 14.9. The van der Waals surface area contributed by atoms with Gasteiger partial charge in [0.1, 0.15) is 5.82 Å². The largest absolute Gasteiger partial charge is 0.327 e. The zero-order valence-corrected chi connectivity index (χ0v) is 12.5. The van der Waals surface area contributed by atoms with Crippen LogP contribution in [-0.2, 0) is 0 Å². The highest BCUT2D eigenvalue weighted by atomic mass is 32.2. The van der Waals surface area contributed by atoms with Gasteiger partial charge < -0.3 is 5.73 Å². The summed E-state index contributed by atoms with van der Waals surface area (Å²) in [5.74, 6) is 2.08. The van der Waals surface area contributed by atoms with Gasteiger partial charge in [0.2, 0.25) is 0 Å². The van der Waals surface area contributed by atoms with E-state index in [1.807, 2.05) is 12.1 Å². The first-order valence-electron chi connectivity index (χ1n) is 7.35. The molecule has 106 valence electrons. The van der Waals surface area contributed by atoms with Gasteiger partial charge in [0.05, 0.1) is 0 Å². The predicted octanol–water partition coefficient (Wildman–Crippen LogP) is 4.46. The molecule has 1 nitrogen and oxygen atoms in total. The van der Waals surface area contributed by atoms with E-state index < -0.39 is 0 Å². The fourth-order valence-corrected chi connectivity index (χ4v) is 4.18. The van der Waals surface area contributed by atoms with Gasteiger partial charge in [-0.1, -0.05) is 44.7 Å². The van der Waals surface area contributed by atoms with E-state index in [2.05, 4.69) is 6.92 Å². The lowest BCUT2D eigenvalue weighted by atomic mass is 9.75. The summed E-state index contributed by atoms with van der Waals surface area (Å²) in [6, 6.07) is 7.16. The lowest BCUT2D eigenvalue weighted by molar-refractivity contribution is 0.205. The second kappa shape index (κ2) is 7.30. The molecular formula is C16H24FNS. The van der Waals surface area contributed by atoms with Crippen LogP contribution in [0.3, 0.4) is 0 Å². The Balaban J connectivity index is 1.90. The van der Waals surface area contributed by atoms with Crippen LogP contribution >= 0.6 is 11.8 Å². The SMILES string of the molecule is CCC1CCCCC1C(N)CSc1ccccc1F. The van der Waals surface area contributed by atoms with Gasteiger partial charge in [-0.25, -0.2) is 4.39 Å². The highest BCUT2D eigenvalue weighted by Crippen LogP contribution is 2.35. The van der Waals surface area contributed by atoms with Gasteiger partial charge in [0.25, 0.3) is 0 Å². The quantitative estimate of drug-likeness (QED) is 0.806. The third kappa shape index (κ3) is 3.96. The summed E-state index contributed by atoms with van der Waals surface area (Å²) in [7, 11) is 0. The van der Waals surface area contributed by atoms with E-state index in [9.17, 15) is 4.39 Å². The Morgan fingerprint density at radius 2 is 2.05 bits per heavy atom. The Morgan fingerprint density at radius 3 is 2.79 bits per heavy atom. The van der Waals surface area contributed by atoms with Crippen molar-refractivity contribution < 1.29 is 4.39 Å². The molecule has 0 heterocycles. The van der Waals surface area contributed by atoms with Crippen LogP contribution < -0.4 is 5.73 Å². The lowest BCUT2D eigenvalue weighted by Gasteiger charge is -2.35. The van der Waals surface area contributed by atoms with Gasteiger partial charge in [-0.15, -0.1) is 11.8 Å². The summed E-state index contributed by atoms with van der Waals surface area (Å²) in [4.78, 5) is 0.724. The second-order valence-electron chi connectivity index (χ2n) is 5.52. The molecule has 0 radical (unpaired) electrons. The van der Waals surface area contributed by atoms with Gasteiger partial charge >= 0.3 is 0 Å². The number of thioether (sulfide) groups is 1. The highest BCUT2D eigenvalue weighted by molar-refractivity contribution is 7.99. The Labute approximate surface area is 120 Å². The molecule has 1 aliphatic carbocycles. The van der Waals surface area contributed by atoms with Crippen molar-refractivity contribution in [3.63, 3.8) is 0 Å². The van der Waals surface area contributed by atoms with Crippen molar-refractivity contribution in [1.82, 2.24) is 0 Å². The summed E-state index contributed by atoms with van der Waals surface area (Å²) >= 11 is 1.56. The van der Waals surface area contributed by atoms with E-state index in [1.54, 1.807) is 17.8 Å². The van der Waals surface area contributed by atoms with E-state index in [0.717, 1.165) is 16.6 Å². The van der Waals surface area contributed by atoms with Crippen LogP contribution in [0.5, 0.6) is 0 Å². The minimum absolute atomic E-state index is 0.129. The fraction of sp³-hybridized carbons (Fsp3) is 0.625. The molecule has 0 bridgehead atoms. The normalized spacial score (nSPS) is 25.2. The van der Waals surface area contributed by atoms with E-state index in [4.69, 9.17) is 5.73 Å². The molecule has 1 aromatic rings. The molecule has 3 unspecified atom stereocenters. The molecule has 0 aliphatic heterocycles. The van der Waals surface area contributed by atoms with Crippen molar-refractivity contribution in [2.75, 3.05) is 5.75 Å². The molecular weight excluding hydrogens is 257 g/mol. The van der Waals surface area contributed by atoms with Crippen LogP contribution in [0.2, 0.25) is 0 Å². The van der Waals surface area contributed by atoms with Gasteiger partial charge in [0, 0.05) is 16.7 Å². The first-order chi connectivity index (χ1) is 9.22. The van der Waals surface area contributed by atoms with Crippen LogP contribution in [0, 0.1) is 17.7 Å².